The van der Waals surface area contributed by atoms with E-state index < -0.39 is 16.0 Å². The van der Waals surface area contributed by atoms with Crippen molar-refractivity contribution in [2.45, 2.75) is 31.7 Å². The summed E-state index contributed by atoms with van der Waals surface area (Å²) in [5.41, 5.74) is 0. The van der Waals surface area contributed by atoms with E-state index in [1.807, 2.05) is 13.8 Å². The highest BCUT2D eigenvalue weighted by molar-refractivity contribution is 7.89. The predicted octanol–water partition coefficient (Wildman–Crippen LogP) is 0.825. The Bertz CT molecular complexity index is 496. The number of hydrogen-bond donors (Lipinski definition) is 3. The number of rotatable bonds is 8. The number of sulfonamides is 1. The molecule has 0 amide bonds. The highest BCUT2D eigenvalue weighted by Crippen LogP contribution is 2.15. The van der Waals surface area contributed by atoms with E-state index in [0.717, 1.165) is 0 Å². The highest BCUT2D eigenvalue weighted by atomic mass is 32.2. The number of carboxylic acid groups (broad SMARTS) is 1. The highest BCUT2D eigenvalue weighted by Gasteiger charge is 2.20. The smallest absolute Gasteiger partial charge is 0.303 e. The van der Waals surface area contributed by atoms with Crippen LogP contribution in [0.1, 0.15) is 26.7 Å². The molecule has 108 valence electrons. The lowest BCUT2D eigenvalue weighted by Gasteiger charge is -2.17. The Morgan fingerprint density at radius 1 is 1.53 bits per heavy atom. The molecule has 19 heavy (non-hydrogen) atoms. The van der Waals surface area contributed by atoms with Crippen LogP contribution in [0.3, 0.4) is 0 Å². The van der Waals surface area contributed by atoms with Gasteiger partial charge < -0.3 is 10.1 Å². The van der Waals surface area contributed by atoms with Crippen LogP contribution in [0.5, 0.6) is 0 Å². The largest absolute Gasteiger partial charge is 0.481 e. The average molecular weight is 289 g/mol. The van der Waals surface area contributed by atoms with E-state index in [4.69, 9.17) is 5.11 Å². The standard InChI is InChI=1S/C11H19N3O4S/c1-8(2)3-9(4-11(15)16)5-14-19(17,18)10-6-12-7-13-10/h6-9,14H,3-5H2,1-2H3,(H,12,13)(H,15,16)/t9-/m0/s1. The molecule has 0 fully saturated rings. The number of H-pyrrole nitrogens is 1. The third-order valence-electron chi connectivity index (χ3n) is 2.59. The van der Waals surface area contributed by atoms with Crippen LogP contribution < -0.4 is 4.72 Å². The molecule has 0 saturated heterocycles. The number of aliphatic carboxylic acids is 1. The van der Waals surface area contributed by atoms with Crippen LogP contribution in [0, 0.1) is 11.8 Å². The van der Waals surface area contributed by atoms with Crippen molar-refractivity contribution in [2.24, 2.45) is 11.8 Å². The molecule has 0 aliphatic rings. The van der Waals surface area contributed by atoms with Gasteiger partial charge >= 0.3 is 5.97 Å². The second-order valence-corrected chi connectivity index (χ2v) is 6.60. The van der Waals surface area contributed by atoms with Crippen LogP contribution in [0.25, 0.3) is 0 Å². The van der Waals surface area contributed by atoms with Gasteiger partial charge in [0.1, 0.15) is 0 Å². The second kappa shape index (κ2) is 6.67. The molecule has 0 aliphatic heterocycles. The number of carbonyl (C=O) groups is 1. The van der Waals surface area contributed by atoms with E-state index in [2.05, 4.69) is 14.7 Å². The molecule has 0 unspecified atom stereocenters. The Morgan fingerprint density at radius 3 is 2.68 bits per heavy atom. The van der Waals surface area contributed by atoms with Crippen molar-refractivity contribution in [3.05, 3.63) is 12.5 Å². The van der Waals surface area contributed by atoms with Crippen molar-refractivity contribution in [1.82, 2.24) is 14.7 Å². The minimum atomic E-state index is -3.64. The van der Waals surface area contributed by atoms with Crippen molar-refractivity contribution in [2.75, 3.05) is 6.54 Å². The Hall–Kier alpha value is -1.41. The number of nitrogens with zero attached hydrogens (tertiary/aromatic N) is 1. The molecule has 3 N–H and O–H groups in total. The van der Waals surface area contributed by atoms with Gasteiger partial charge in [0.05, 0.1) is 12.5 Å². The number of nitrogens with one attached hydrogen (secondary N) is 2. The maximum atomic E-state index is 11.8. The summed E-state index contributed by atoms with van der Waals surface area (Å²) < 4.78 is 26.1. The minimum absolute atomic E-state index is 0.0221. The first-order valence-electron chi connectivity index (χ1n) is 6.01. The molecule has 7 nitrogen and oxygen atoms in total. The summed E-state index contributed by atoms with van der Waals surface area (Å²) >= 11 is 0. The van der Waals surface area contributed by atoms with Crippen LogP contribution in [0.2, 0.25) is 0 Å². The van der Waals surface area contributed by atoms with Gasteiger partial charge in [0.15, 0.2) is 5.03 Å². The lowest BCUT2D eigenvalue weighted by atomic mass is 9.94. The third kappa shape index (κ3) is 5.39. The van der Waals surface area contributed by atoms with Gasteiger partial charge in [-0.1, -0.05) is 13.8 Å². The van der Waals surface area contributed by atoms with E-state index in [-0.39, 0.29) is 23.9 Å². The SMILES string of the molecule is CC(C)C[C@H](CNS(=O)(=O)c1cnc[nH]1)CC(=O)O. The predicted molar refractivity (Wildman–Crippen MR) is 69.0 cm³/mol. The lowest BCUT2D eigenvalue weighted by Crippen LogP contribution is -2.31. The number of aromatic nitrogens is 2. The Labute approximate surface area is 112 Å². The zero-order valence-electron chi connectivity index (χ0n) is 11.0. The molecular weight excluding hydrogens is 270 g/mol. The van der Waals surface area contributed by atoms with E-state index >= 15 is 0 Å². The summed E-state index contributed by atoms with van der Waals surface area (Å²) in [5, 5.41) is 8.79. The van der Waals surface area contributed by atoms with Crippen LogP contribution >= 0.6 is 0 Å². The lowest BCUT2D eigenvalue weighted by molar-refractivity contribution is -0.138. The molecule has 0 bridgehead atoms. The van der Waals surface area contributed by atoms with Gasteiger partial charge in [0.2, 0.25) is 0 Å². The minimum Gasteiger partial charge on any atom is -0.481 e. The van der Waals surface area contributed by atoms with Crippen molar-refractivity contribution < 1.29 is 18.3 Å². The summed E-state index contributed by atoms with van der Waals surface area (Å²) in [4.78, 5) is 16.9. The fraction of sp³-hybridized carbons (Fsp3) is 0.636. The third-order valence-corrected chi connectivity index (χ3v) is 3.94. The Morgan fingerprint density at radius 2 is 2.21 bits per heavy atom. The van der Waals surface area contributed by atoms with Gasteiger partial charge in [0.25, 0.3) is 10.0 Å². The molecule has 1 aromatic rings. The van der Waals surface area contributed by atoms with Crippen LogP contribution in [-0.2, 0) is 14.8 Å². The Kier molecular flexibility index (Phi) is 5.49. The first kappa shape index (κ1) is 15.6. The van der Waals surface area contributed by atoms with Gasteiger partial charge in [-0.3, -0.25) is 4.79 Å². The zero-order chi connectivity index (χ0) is 14.5. The van der Waals surface area contributed by atoms with E-state index in [1.54, 1.807) is 0 Å². The summed E-state index contributed by atoms with van der Waals surface area (Å²) in [7, 11) is -3.64. The number of imidazole rings is 1. The van der Waals surface area contributed by atoms with E-state index in [9.17, 15) is 13.2 Å². The fourth-order valence-electron chi connectivity index (χ4n) is 1.85. The molecule has 0 radical (unpaired) electrons. The van der Waals surface area contributed by atoms with Gasteiger partial charge in [0, 0.05) is 13.0 Å². The average Bonchev–Trinajstić information content (AvgIpc) is 2.78. The van der Waals surface area contributed by atoms with Crippen molar-refractivity contribution in [1.29, 1.82) is 0 Å². The molecular formula is C11H19N3O4S. The van der Waals surface area contributed by atoms with E-state index in [0.29, 0.717) is 12.3 Å². The molecule has 8 heteroatoms. The number of carboxylic acids is 1. The molecule has 0 aliphatic carbocycles. The zero-order valence-corrected chi connectivity index (χ0v) is 11.8. The normalized spacial score (nSPS) is 13.6. The van der Waals surface area contributed by atoms with Crippen LogP contribution in [-0.4, -0.2) is 36.0 Å². The fourth-order valence-corrected chi connectivity index (χ4v) is 2.87. The number of hydrogen-bond acceptors (Lipinski definition) is 4. The topological polar surface area (TPSA) is 112 Å². The summed E-state index contributed by atoms with van der Waals surface area (Å²) in [6.45, 7) is 4.04. The molecule has 0 aromatic carbocycles. The molecule has 1 atom stereocenters. The summed E-state index contributed by atoms with van der Waals surface area (Å²) in [5.74, 6) is -0.845. The van der Waals surface area contributed by atoms with Crippen LogP contribution in [0.4, 0.5) is 0 Å². The Balaban J connectivity index is 2.63. The van der Waals surface area contributed by atoms with Crippen molar-refractivity contribution >= 4 is 16.0 Å². The number of aromatic amines is 1. The van der Waals surface area contributed by atoms with Crippen molar-refractivity contribution in [3.8, 4) is 0 Å². The van der Waals surface area contributed by atoms with Crippen LogP contribution in [0.15, 0.2) is 17.6 Å². The van der Waals surface area contributed by atoms with Gasteiger partial charge in [-0.15, -0.1) is 0 Å². The van der Waals surface area contributed by atoms with E-state index in [1.165, 1.54) is 12.5 Å². The summed E-state index contributed by atoms with van der Waals surface area (Å²) in [6.07, 6.45) is 3.08. The molecule has 1 rings (SSSR count). The quantitative estimate of drug-likeness (QED) is 0.656. The van der Waals surface area contributed by atoms with Gasteiger partial charge in [-0.2, -0.15) is 0 Å². The molecule has 1 aromatic heterocycles. The van der Waals surface area contributed by atoms with Gasteiger partial charge in [-0.05, 0) is 18.3 Å². The monoisotopic (exact) mass is 289 g/mol. The summed E-state index contributed by atoms with van der Waals surface area (Å²) in [6, 6.07) is 0. The molecule has 0 saturated carbocycles. The van der Waals surface area contributed by atoms with Gasteiger partial charge in [-0.25, -0.2) is 18.1 Å². The van der Waals surface area contributed by atoms with Crippen molar-refractivity contribution in [3.63, 3.8) is 0 Å². The first-order chi connectivity index (χ1) is 8.81. The maximum Gasteiger partial charge on any atom is 0.303 e. The first-order valence-corrected chi connectivity index (χ1v) is 7.49. The molecule has 0 spiro atoms. The second-order valence-electron chi connectivity index (χ2n) is 4.86. The molecule has 1 heterocycles. The maximum absolute atomic E-state index is 11.8.